The van der Waals surface area contributed by atoms with Crippen molar-refractivity contribution >= 4 is 11.6 Å². The third-order valence-corrected chi connectivity index (χ3v) is 2.55. The van der Waals surface area contributed by atoms with E-state index in [1.54, 1.807) is 4.90 Å². The molecule has 0 atom stereocenters. The van der Waals surface area contributed by atoms with Gasteiger partial charge in [0.2, 0.25) is 5.91 Å². The van der Waals surface area contributed by atoms with Crippen molar-refractivity contribution in [2.45, 2.75) is 27.2 Å². The Bertz CT molecular complexity index is 374. The summed E-state index contributed by atoms with van der Waals surface area (Å²) in [6, 6.07) is 7.97. The molecule has 0 bridgehead atoms. The van der Waals surface area contributed by atoms with Crippen LogP contribution in [-0.2, 0) is 4.79 Å². The molecule has 0 aliphatic rings. The second-order valence-corrected chi connectivity index (χ2v) is 4.77. The van der Waals surface area contributed by atoms with Gasteiger partial charge in [0, 0.05) is 25.2 Å². The Labute approximate surface area is 104 Å². The fraction of sp³-hybridized carbons (Fsp3) is 0.500. The molecule has 0 heterocycles. The molecule has 0 radical (unpaired) electrons. The Morgan fingerprint density at radius 1 is 1.41 bits per heavy atom. The molecule has 94 valence electrons. The van der Waals surface area contributed by atoms with Gasteiger partial charge >= 0.3 is 0 Å². The lowest BCUT2D eigenvalue weighted by molar-refractivity contribution is -0.119. The molecule has 3 nitrogen and oxygen atoms in total. The number of benzene rings is 1. The van der Waals surface area contributed by atoms with Crippen molar-refractivity contribution in [1.82, 2.24) is 0 Å². The standard InChI is InChI=1S/C14H22N2O/c1-11(2)9-14(17)16(8-7-15)13-6-4-5-12(3)10-13/h4-6,10-11H,7-9,15H2,1-3H3. The van der Waals surface area contributed by atoms with Crippen molar-refractivity contribution in [2.24, 2.45) is 11.7 Å². The first-order valence-electron chi connectivity index (χ1n) is 6.11. The quantitative estimate of drug-likeness (QED) is 0.850. The summed E-state index contributed by atoms with van der Waals surface area (Å²) in [4.78, 5) is 13.9. The molecule has 1 amide bonds. The second-order valence-electron chi connectivity index (χ2n) is 4.77. The van der Waals surface area contributed by atoms with Gasteiger partial charge in [-0.2, -0.15) is 0 Å². The van der Waals surface area contributed by atoms with Crippen LogP contribution in [0, 0.1) is 12.8 Å². The Hall–Kier alpha value is -1.35. The second kappa shape index (κ2) is 6.40. The van der Waals surface area contributed by atoms with E-state index in [-0.39, 0.29) is 5.91 Å². The summed E-state index contributed by atoms with van der Waals surface area (Å²) in [6.07, 6.45) is 0.563. The van der Waals surface area contributed by atoms with E-state index in [9.17, 15) is 4.79 Å². The number of anilines is 1. The van der Waals surface area contributed by atoms with Gasteiger partial charge in [-0.05, 0) is 30.5 Å². The van der Waals surface area contributed by atoms with E-state index in [2.05, 4.69) is 13.8 Å². The Morgan fingerprint density at radius 2 is 2.12 bits per heavy atom. The molecule has 0 saturated carbocycles. The van der Waals surface area contributed by atoms with Crippen LogP contribution in [0.5, 0.6) is 0 Å². The summed E-state index contributed by atoms with van der Waals surface area (Å²) in [7, 11) is 0. The number of aryl methyl sites for hydroxylation is 1. The number of carbonyl (C=O) groups is 1. The zero-order valence-corrected chi connectivity index (χ0v) is 10.9. The lowest BCUT2D eigenvalue weighted by Gasteiger charge is -2.23. The molecule has 0 unspecified atom stereocenters. The van der Waals surface area contributed by atoms with Gasteiger partial charge in [-0.25, -0.2) is 0 Å². The lowest BCUT2D eigenvalue weighted by atomic mass is 10.1. The highest BCUT2D eigenvalue weighted by Gasteiger charge is 2.15. The summed E-state index contributed by atoms with van der Waals surface area (Å²) in [5, 5.41) is 0. The van der Waals surface area contributed by atoms with Crippen molar-refractivity contribution in [3.63, 3.8) is 0 Å². The van der Waals surface area contributed by atoms with E-state index in [0.717, 1.165) is 11.3 Å². The molecule has 1 rings (SSSR count). The van der Waals surface area contributed by atoms with Gasteiger partial charge in [0.1, 0.15) is 0 Å². The smallest absolute Gasteiger partial charge is 0.227 e. The zero-order chi connectivity index (χ0) is 12.8. The largest absolute Gasteiger partial charge is 0.329 e. The number of nitrogens with zero attached hydrogens (tertiary/aromatic N) is 1. The number of nitrogens with two attached hydrogens (primary N) is 1. The third-order valence-electron chi connectivity index (χ3n) is 2.55. The molecule has 0 aliphatic heterocycles. The molecule has 0 aliphatic carbocycles. The Morgan fingerprint density at radius 3 is 2.65 bits per heavy atom. The van der Waals surface area contributed by atoms with E-state index in [1.807, 2.05) is 31.2 Å². The fourth-order valence-electron chi connectivity index (χ4n) is 1.78. The first-order chi connectivity index (χ1) is 8.04. The lowest BCUT2D eigenvalue weighted by Crippen LogP contribution is -2.36. The molecular weight excluding hydrogens is 212 g/mol. The molecule has 0 aromatic heterocycles. The number of amides is 1. The maximum atomic E-state index is 12.1. The van der Waals surface area contributed by atoms with Crippen molar-refractivity contribution in [3.8, 4) is 0 Å². The Balaban J connectivity index is 2.88. The first-order valence-corrected chi connectivity index (χ1v) is 6.11. The van der Waals surface area contributed by atoms with Crippen LogP contribution in [0.4, 0.5) is 5.69 Å². The molecule has 1 aromatic carbocycles. The van der Waals surface area contributed by atoms with Crippen molar-refractivity contribution in [3.05, 3.63) is 29.8 Å². The topological polar surface area (TPSA) is 46.3 Å². The summed E-state index contributed by atoms with van der Waals surface area (Å²) >= 11 is 0. The fourth-order valence-corrected chi connectivity index (χ4v) is 1.78. The van der Waals surface area contributed by atoms with Crippen molar-refractivity contribution < 1.29 is 4.79 Å². The van der Waals surface area contributed by atoms with Crippen LogP contribution >= 0.6 is 0 Å². The number of carbonyl (C=O) groups excluding carboxylic acids is 1. The highest BCUT2D eigenvalue weighted by atomic mass is 16.2. The first kappa shape index (κ1) is 13.7. The number of hydrogen-bond acceptors (Lipinski definition) is 2. The van der Waals surface area contributed by atoms with Crippen LogP contribution in [0.15, 0.2) is 24.3 Å². The van der Waals surface area contributed by atoms with Gasteiger partial charge in [0.25, 0.3) is 0 Å². The van der Waals surface area contributed by atoms with Crippen LogP contribution in [0.25, 0.3) is 0 Å². The zero-order valence-electron chi connectivity index (χ0n) is 10.9. The molecule has 0 spiro atoms. The van der Waals surface area contributed by atoms with Crippen LogP contribution in [0.2, 0.25) is 0 Å². The van der Waals surface area contributed by atoms with E-state index in [0.29, 0.717) is 25.4 Å². The predicted molar refractivity (Wildman–Crippen MR) is 72.0 cm³/mol. The van der Waals surface area contributed by atoms with Gasteiger partial charge in [-0.1, -0.05) is 26.0 Å². The third kappa shape index (κ3) is 4.19. The number of hydrogen-bond donors (Lipinski definition) is 1. The molecule has 3 heteroatoms. The average molecular weight is 234 g/mol. The van der Waals surface area contributed by atoms with E-state index < -0.39 is 0 Å². The summed E-state index contributed by atoms with van der Waals surface area (Å²) < 4.78 is 0. The van der Waals surface area contributed by atoms with Crippen molar-refractivity contribution in [2.75, 3.05) is 18.0 Å². The predicted octanol–water partition coefficient (Wildman–Crippen LogP) is 2.33. The summed E-state index contributed by atoms with van der Waals surface area (Å²) in [5.74, 6) is 0.517. The SMILES string of the molecule is Cc1cccc(N(CCN)C(=O)CC(C)C)c1. The average Bonchev–Trinajstić information content (AvgIpc) is 2.24. The molecule has 2 N–H and O–H groups in total. The van der Waals surface area contributed by atoms with Gasteiger partial charge < -0.3 is 10.6 Å². The van der Waals surface area contributed by atoms with E-state index >= 15 is 0 Å². The van der Waals surface area contributed by atoms with Gasteiger partial charge in [-0.3, -0.25) is 4.79 Å². The minimum absolute atomic E-state index is 0.149. The minimum Gasteiger partial charge on any atom is -0.329 e. The summed E-state index contributed by atoms with van der Waals surface area (Å²) in [6.45, 7) is 7.19. The summed E-state index contributed by atoms with van der Waals surface area (Å²) in [5.41, 5.74) is 7.68. The van der Waals surface area contributed by atoms with E-state index in [1.165, 1.54) is 0 Å². The van der Waals surface area contributed by atoms with E-state index in [4.69, 9.17) is 5.73 Å². The maximum absolute atomic E-state index is 12.1. The molecule has 0 fully saturated rings. The van der Waals surface area contributed by atoms with Crippen LogP contribution in [-0.4, -0.2) is 19.0 Å². The normalized spacial score (nSPS) is 10.6. The molecule has 0 saturated heterocycles. The Kier molecular flexibility index (Phi) is 5.16. The highest BCUT2D eigenvalue weighted by molar-refractivity contribution is 5.93. The van der Waals surface area contributed by atoms with Crippen LogP contribution in [0.1, 0.15) is 25.8 Å². The van der Waals surface area contributed by atoms with Gasteiger partial charge in [-0.15, -0.1) is 0 Å². The van der Waals surface area contributed by atoms with Gasteiger partial charge in [0.05, 0.1) is 0 Å². The minimum atomic E-state index is 0.149. The van der Waals surface area contributed by atoms with Gasteiger partial charge in [0.15, 0.2) is 0 Å². The molecule has 1 aromatic rings. The van der Waals surface area contributed by atoms with Crippen LogP contribution in [0.3, 0.4) is 0 Å². The molecular formula is C14H22N2O. The number of rotatable bonds is 5. The molecule has 17 heavy (non-hydrogen) atoms. The highest BCUT2D eigenvalue weighted by Crippen LogP contribution is 2.17. The van der Waals surface area contributed by atoms with Crippen LogP contribution < -0.4 is 10.6 Å². The van der Waals surface area contributed by atoms with Crippen molar-refractivity contribution in [1.29, 1.82) is 0 Å². The maximum Gasteiger partial charge on any atom is 0.227 e. The monoisotopic (exact) mass is 234 g/mol.